The lowest BCUT2D eigenvalue weighted by Crippen LogP contribution is -2.11. The van der Waals surface area contributed by atoms with Crippen molar-refractivity contribution in [1.82, 2.24) is 0 Å². The first-order chi connectivity index (χ1) is 8.67. The summed E-state index contributed by atoms with van der Waals surface area (Å²) in [5.41, 5.74) is 1.35. The number of ether oxygens (including phenoxy) is 1. The van der Waals surface area contributed by atoms with E-state index in [-0.39, 0.29) is 10.6 Å². The Balaban J connectivity index is 2.49. The van der Waals surface area contributed by atoms with E-state index in [4.69, 9.17) is 16.9 Å². The molecule has 0 spiro atoms. The van der Waals surface area contributed by atoms with Gasteiger partial charge in [0.25, 0.3) is 0 Å². The summed E-state index contributed by atoms with van der Waals surface area (Å²) in [5.74, 6) is 0.514. The standard InChI is InChI=1S/C12H11ClN2O2S/c1-17-12(16)10-6-9(15-3-2-4-18-15)5-8(7-14)11(10)13/h5-6H,2-4H2,1H3. The minimum Gasteiger partial charge on any atom is -0.465 e. The zero-order valence-electron chi connectivity index (χ0n) is 9.77. The van der Waals surface area contributed by atoms with E-state index in [0.29, 0.717) is 5.56 Å². The van der Waals surface area contributed by atoms with E-state index < -0.39 is 5.97 Å². The molecule has 0 unspecified atom stereocenters. The Kier molecular flexibility index (Phi) is 4.00. The number of carbonyl (C=O) groups excluding carboxylic acids is 1. The van der Waals surface area contributed by atoms with Gasteiger partial charge in [0, 0.05) is 18.0 Å². The maximum atomic E-state index is 11.6. The van der Waals surface area contributed by atoms with Gasteiger partial charge in [0.2, 0.25) is 0 Å². The molecule has 1 aromatic rings. The third kappa shape index (κ3) is 2.40. The molecule has 1 fully saturated rings. The molecule has 94 valence electrons. The van der Waals surface area contributed by atoms with E-state index in [2.05, 4.69) is 9.04 Å². The molecule has 6 heteroatoms. The average Bonchev–Trinajstić information content (AvgIpc) is 2.92. The van der Waals surface area contributed by atoms with Gasteiger partial charge in [0.1, 0.15) is 6.07 Å². The molecule has 2 rings (SSSR count). The van der Waals surface area contributed by atoms with Crippen LogP contribution in [0.4, 0.5) is 5.69 Å². The largest absolute Gasteiger partial charge is 0.465 e. The van der Waals surface area contributed by atoms with E-state index in [0.717, 1.165) is 24.4 Å². The number of benzene rings is 1. The first-order valence-electron chi connectivity index (χ1n) is 5.39. The lowest BCUT2D eigenvalue weighted by atomic mass is 10.1. The SMILES string of the molecule is COC(=O)c1cc(N2CCCS2)cc(C#N)c1Cl. The van der Waals surface area contributed by atoms with E-state index in [1.54, 1.807) is 24.1 Å². The first-order valence-corrected chi connectivity index (χ1v) is 6.72. The Morgan fingerprint density at radius 1 is 1.61 bits per heavy atom. The third-order valence-electron chi connectivity index (χ3n) is 2.62. The highest BCUT2D eigenvalue weighted by Crippen LogP contribution is 2.33. The summed E-state index contributed by atoms with van der Waals surface area (Å²) in [4.78, 5) is 11.6. The number of hydrogen-bond donors (Lipinski definition) is 0. The van der Waals surface area contributed by atoms with Crippen LogP contribution in [0.3, 0.4) is 0 Å². The monoisotopic (exact) mass is 282 g/mol. The lowest BCUT2D eigenvalue weighted by Gasteiger charge is -2.17. The Morgan fingerprint density at radius 3 is 2.94 bits per heavy atom. The topological polar surface area (TPSA) is 53.3 Å². The Hall–Kier alpha value is -1.38. The number of halogens is 1. The van der Waals surface area contributed by atoms with Gasteiger partial charge in [-0.25, -0.2) is 4.79 Å². The van der Waals surface area contributed by atoms with Crippen LogP contribution in [-0.4, -0.2) is 25.4 Å². The second-order valence-corrected chi connectivity index (χ2v) is 5.23. The molecule has 0 bridgehead atoms. The molecule has 1 heterocycles. The number of nitriles is 1. The van der Waals surface area contributed by atoms with E-state index in [1.807, 2.05) is 6.07 Å². The zero-order valence-corrected chi connectivity index (χ0v) is 11.3. The molecule has 0 radical (unpaired) electrons. The summed E-state index contributed by atoms with van der Waals surface area (Å²) in [6, 6.07) is 5.38. The fourth-order valence-electron chi connectivity index (χ4n) is 1.74. The molecular formula is C12H11ClN2O2S. The van der Waals surface area contributed by atoms with Crippen LogP contribution in [0.15, 0.2) is 12.1 Å². The molecule has 18 heavy (non-hydrogen) atoms. The van der Waals surface area contributed by atoms with Crippen molar-refractivity contribution in [3.05, 3.63) is 28.3 Å². The molecule has 0 aromatic heterocycles. The zero-order chi connectivity index (χ0) is 13.1. The molecule has 0 amide bonds. The molecule has 4 nitrogen and oxygen atoms in total. The average molecular weight is 283 g/mol. The highest BCUT2D eigenvalue weighted by atomic mass is 35.5. The quantitative estimate of drug-likeness (QED) is 0.617. The number of esters is 1. The summed E-state index contributed by atoms with van der Waals surface area (Å²) in [7, 11) is 1.29. The summed E-state index contributed by atoms with van der Waals surface area (Å²) in [5, 5.41) is 9.20. The molecule has 0 aliphatic carbocycles. The normalized spacial score (nSPS) is 14.4. The summed E-state index contributed by atoms with van der Waals surface area (Å²) in [6.45, 7) is 0.901. The van der Waals surface area contributed by atoms with Crippen LogP contribution < -0.4 is 4.31 Å². The third-order valence-corrected chi connectivity index (χ3v) is 4.21. The van der Waals surface area contributed by atoms with Crippen LogP contribution in [0.5, 0.6) is 0 Å². The van der Waals surface area contributed by atoms with Crippen molar-refractivity contribution in [2.45, 2.75) is 6.42 Å². The number of carbonyl (C=O) groups is 1. The van der Waals surface area contributed by atoms with Crippen molar-refractivity contribution in [1.29, 1.82) is 5.26 Å². The van der Waals surface area contributed by atoms with Crippen LogP contribution in [0, 0.1) is 11.3 Å². The van der Waals surface area contributed by atoms with Crippen molar-refractivity contribution >= 4 is 35.2 Å². The number of anilines is 1. The second-order valence-electron chi connectivity index (χ2n) is 3.75. The van der Waals surface area contributed by atoms with Crippen LogP contribution >= 0.6 is 23.5 Å². The van der Waals surface area contributed by atoms with Gasteiger partial charge in [0.05, 0.1) is 23.3 Å². The smallest absolute Gasteiger partial charge is 0.339 e. The maximum absolute atomic E-state index is 11.6. The van der Waals surface area contributed by atoms with Crippen molar-refractivity contribution in [3.63, 3.8) is 0 Å². The molecule has 1 saturated heterocycles. The maximum Gasteiger partial charge on any atom is 0.339 e. The molecule has 0 N–H and O–H groups in total. The fourth-order valence-corrected chi connectivity index (χ4v) is 2.96. The van der Waals surface area contributed by atoms with Gasteiger partial charge in [-0.05, 0) is 30.5 Å². The number of rotatable bonds is 2. The minimum absolute atomic E-state index is 0.150. The molecule has 0 saturated carbocycles. The van der Waals surface area contributed by atoms with Gasteiger partial charge in [0.15, 0.2) is 0 Å². The molecule has 1 aromatic carbocycles. The van der Waals surface area contributed by atoms with Gasteiger partial charge in [-0.3, -0.25) is 0 Å². The molecular weight excluding hydrogens is 272 g/mol. The Labute approximate surface area is 115 Å². The van der Waals surface area contributed by atoms with Crippen LogP contribution in [0.25, 0.3) is 0 Å². The number of nitrogens with zero attached hydrogens (tertiary/aromatic N) is 2. The first kappa shape index (κ1) is 13.1. The molecule has 0 atom stereocenters. The fraction of sp³-hybridized carbons (Fsp3) is 0.333. The summed E-state index contributed by atoms with van der Waals surface area (Å²) in [6.07, 6.45) is 1.09. The van der Waals surface area contributed by atoms with E-state index in [1.165, 1.54) is 7.11 Å². The van der Waals surface area contributed by atoms with Crippen LogP contribution in [0.1, 0.15) is 22.3 Å². The van der Waals surface area contributed by atoms with Gasteiger partial charge in [-0.15, -0.1) is 0 Å². The highest BCUT2D eigenvalue weighted by Gasteiger charge is 2.20. The van der Waals surface area contributed by atoms with E-state index in [9.17, 15) is 4.79 Å². The van der Waals surface area contributed by atoms with Crippen LogP contribution in [-0.2, 0) is 4.74 Å². The Morgan fingerprint density at radius 2 is 2.39 bits per heavy atom. The Bertz CT molecular complexity index is 522. The number of hydrogen-bond acceptors (Lipinski definition) is 5. The molecule has 1 aliphatic rings. The van der Waals surface area contributed by atoms with Gasteiger partial charge >= 0.3 is 5.97 Å². The lowest BCUT2D eigenvalue weighted by molar-refractivity contribution is 0.0601. The van der Waals surface area contributed by atoms with Crippen molar-refractivity contribution in [2.24, 2.45) is 0 Å². The highest BCUT2D eigenvalue weighted by molar-refractivity contribution is 8.00. The predicted molar refractivity (Wildman–Crippen MR) is 71.9 cm³/mol. The number of methoxy groups -OCH3 is 1. The van der Waals surface area contributed by atoms with Gasteiger partial charge < -0.3 is 9.04 Å². The van der Waals surface area contributed by atoms with Gasteiger partial charge in [-0.2, -0.15) is 5.26 Å². The van der Waals surface area contributed by atoms with Gasteiger partial charge in [-0.1, -0.05) is 11.6 Å². The van der Waals surface area contributed by atoms with Crippen molar-refractivity contribution in [3.8, 4) is 6.07 Å². The van der Waals surface area contributed by atoms with Crippen molar-refractivity contribution < 1.29 is 9.53 Å². The summed E-state index contributed by atoms with van der Waals surface area (Å²) < 4.78 is 6.74. The van der Waals surface area contributed by atoms with Crippen molar-refractivity contribution in [2.75, 3.05) is 23.7 Å². The second kappa shape index (κ2) is 5.51. The van der Waals surface area contributed by atoms with E-state index >= 15 is 0 Å². The van der Waals surface area contributed by atoms with Crippen LogP contribution in [0.2, 0.25) is 5.02 Å². The minimum atomic E-state index is -0.525. The molecule has 1 aliphatic heterocycles. The predicted octanol–water partition coefficient (Wildman–Crippen LogP) is 2.86. The summed E-state index contributed by atoms with van der Waals surface area (Å²) >= 11 is 7.69.